The van der Waals surface area contributed by atoms with Gasteiger partial charge in [0.15, 0.2) is 0 Å². The van der Waals surface area contributed by atoms with Gasteiger partial charge in [0.25, 0.3) is 0 Å². The van der Waals surface area contributed by atoms with E-state index >= 15 is 0 Å². The number of rotatable bonds is 3. The summed E-state index contributed by atoms with van der Waals surface area (Å²) < 4.78 is 37.5. The van der Waals surface area contributed by atoms with Crippen molar-refractivity contribution in [3.63, 3.8) is 0 Å². The van der Waals surface area contributed by atoms with Gasteiger partial charge in [-0.3, -0.25) is 4.79 Å². The topological polar surface area (TPSA) is 17.1 Å². The number of hydrogen-bond donors (Lipinski definition) is 0. The van der Waals surface area contributed by atoms with Crippen LogP contribution in [0.15, 0.2) is 18.2 Å². The number of hydrogen-bond acceptors (Lipinski definition) is 1. The van der Waals surface area contributed by atoms with Crippen LogP contribution >= 0.6 is 23.2 Å². The number of alkyl halides is 3. The molecule has 0 radical (unpaired) electrons. The molecule has 0 saturated carbocycles. The second-order valence-electron chi connectivity index (χ2n) is 2.81. The van der Waals surface area contributed by atoms with Gasteiger partial charge in [-0.25, -0.2) is 4.39 Å². The highest BCUT2D eigenvalue weighted by Crippen LogP contribution is 2.25. The van der Waals surface area contributed by atoms with Crippen LogP contribution in [0, 0.1) is 5.82 Å². The Labute approximate surface area is 93.8 Å². The van der Waals surface area contributed by atoms with E-state index in [1.165, 1.54) is 12.1 Å². The fourth-order valence-electron chi connectivity index (χ4n) is 0.958. The van der Waals surface area contributed by atoms with Crippen LogP contribution in [0.4, 0.5) is 13.2 Å². The lowest BCUT2D eigenvalue weighted by Crippen LogP contribution is -2.23. The molecule has 0 saturated heterocycles. The van der Waals surface area contributed by atoms with Gasteiger partial charge in [-0.1, -0.05) is 23.7 Å². The lowest BCUT2D eigenvalue weighted by molar-refractivity contribution is -0.132. The molecule has 1 rings (SSSR count). The summed E-state index contributed by atoms with van der Waals surface area (Å²) in [6.45, 7) is 0. The Morgan fingerprint density at radius 1 is 1.40 bits per heavy atom. The molecule has 0 N–H and O–H groups in total. The Balaban J connectivity index is 2.91. The number of benzene rings is 1. The van der Waals surface area contributed by atoms with Crippen LogP contribution in [0.1, 0.15) is 5.56 Å². The van der Waals surface area contributed by atoms with Crippen LogP contribution < -0.4 is 0 Å². The molecule has 0 heterocycles. The fraction of sp³-hybridized carbons (Fsp3) is 0.222. The van der Waals surface area contributed by atoms with Crippen molar-refractivity contribution in [2.24, 2.45) is 0 Å². The monoisotopic (exact) mass is 256 g/mol. The predicted molar refractivity (Wildman–Crippen MR) is 50.9 cm³/mol. The van der Waals surface area contributed by atoms with Crippen LogP contribution in [0.5, 0.6) is 0 Å². The molecule has 1 aromatic carbocycles. The number of Topliss-reactive ketones (excluding diaryl/α,β-unsaturated/α-hetero) is 1. The first-order valence-electron chi connectivity index (χ1n) is 3.85. The molecule has 6 heteroatoms. The third-order valence-electron chi connectivity index (χ3n) is 1.70. The summed E-state index contributed by atoms with van der Waals surface area (Å²) in [5.41, 5.74) is -0.0120. The van der Waals surface area contributed by atoms with E-state index in [9.17, 15) is 18.0 Å². The number of halogens is 5. The van der Waals surface area contributed by atoms with Crippen molar-refractivity contribution in [1.82, 2.24) is 0 Å². The van der Waals surface area contributed by atoms with Crippen molar-refractivity contribution < 1.29 is 18.0 Å². The van der Waals surface area contributed by atoms with Crippen LogP contribution in [0.3, 0.4) is 0 Å². The van der Waals surface area contributed by atoms with E-state index in [1.807, 2.05) is 0 Å². The van der Waals surface area contributed by atoms with Gasteiger partial charge >= 0.3 is 5.38 Å². The number of ketones is 1. The Morgan fingerprint density at radius 3 is 2.53 bits per heavy atom. The van der Waals surface area contributed by atoms with Crippen LogP contribution in [-0.4, -0.2) is 11.2 Å². The minimum absolute atomic E-state index is 0.0120. The molecule has 0 spiro atoms. The first kappa shape index (κ1) is 12.3. The zero-order chi connectivity index (χ0) is 11.6. The van der Waals surface area contributed by atoms with Crippen LogP contribution in [-0.2, 0) is 11.2 Å². The maximum atomic E-state index is 12.9. The Morgan fingerprint density at radius 2 is 2.00 bits per heavy atom. The summed E-state index contributed by atoms with van der Waals surface area (Å²) in [7, 11) is 0. The summed E-state index contributed by atoms with van der Waals surface area (Å²) in [5, 5.41) is -4.29. The predicted octanol–water partition coefficient (Wildman–Crippen LogP) is 3.42. The molecule has 1 nitrogen and oxygen atoms in total. The average molecular weight is 257 g/mol. The van der Waals surface area contributed by atoms with E-state index in [0.29, 0.717) is 0 Å². The van der Waals surface area contributed by atoms with E-state index in [-0.39, 0.29) is 10.6 Å². The minimum Gasteiger partial charge on any atom is -0.291 e. The van der Waals surface area contributed by atoms with Crippen LogP contribution in [0.2, 0.25) is 5.02 Å². The largest absolute Gasteiger partial charge is 0.380 e. The van der Waals surface area contributed by atoms with E-state index in [4.69, 9.17) is 11.6 Å². The fourth-order valence-corrected chi connectivity index (χ4v) is 1.22. The van der Waals surface area contributed by atoms with Gasteiger partial charge < -0.3 is 0 Å². The summed E-state index contributed by atoms with van der Waals surface area (Å²) in [6, 6.07) is 3.62. The second-order valence-corrected chi connectivity index (χ2v) is 3.66. The zero-order valence-electron chi connectivity index (χ0n) is 7.24. The van der Waals surface area contributed by atoms with Crippen molar-refractivity contribution in [3.05, 3.63) is 34.6 Å². The standard InChI is InChI=1S/C9H5Cl2F3O/c10-8-5(2-1-3-6(8)12)4-7(15)9(11,13)14/h1-3H,4H2. The lowest BCUT2D eigenvalue weighted by Gasteiger charge is -2.07. The Bertz CT molecular complexity index is 387. The molecule has 0 aromatic heterocycles. The van der Waals surface area contributed by atoms with Gasteiger partial charge in [0.2, 0.25) is 5.78 Å². The van der Waals surface area contributed by atoms with Crippen molar-refractivity contribution in [2.75, 3.05) is 0 Å². The molecule has 0 bridgehead atoms. The molecule has 0 aliphatic heterocycles. The molecule has 82 valence electrons. The van der Waals surface area contributed by atoms with Crippen LogP contribution in [0.25, 0.3) is 0 Å². The summed E-state index contributed by atoms with van der Waals surface area (Å²) in [4.78, 5) is 10.8. The Hall–Kier alpha value is -0.740. The molecule has 1 aromatic rings. The van der Waals surface area contributed by atoms with Gasteiger partial charge in [0.05, 0.1) is 5.02 Å². The first-order valence-corrected chi connectivity index (χ1v) is 4.61. The van der Waals surface area contributed by atoms with E-state index in [2.05, 4.69) is 11.6 Å². The van der Waals surface area contributed by atoms with Crippen molar-refractivity contribution >= 4 is 29.0 Å². The lowest BCUT2D eigenvalue weighted by atomic mass is 10.1. The third-order valence-corrected chi connectivity index (χ3v) is 2.33. The first-order chi connectivity index (χ1) is 6.82. The summed E-state index contributed by atoms with van der Waals surface area (Å²) in [6.07, 6.45) is -0.701. The van der Waals surface area contributed by atoms with E-state index < -0.39 is 23.4 Å². The molecular weight excluding hydrogens is 252 g/mol. The Kier molecular flexibility index (Phi) is 3.62. The highest BCUT2D eigenvalue weighted by Gasteiger charge is 2.35. The molecule has 0 amide bonds. The smallest absolute Gasteiger partial charge is 0.291 e. The van der Waals surface area contributed by atoms with Crippen molar-refractivity contribution in [3.8, 4) is 0 Å². The maximum absolute atomic E-state index is 12.9. The van der Waals surface area contributed by atoms with Gasteiger partial charge in [-0.05, 0) is 23.2 Å². The van der Waals surface area contributed by atoms with Crippen molar-refractivity contribution in [1.29, 1.82) is 0 Å². The van der Waals surface area contributed by atoms with Gasteiger partial charge in [0.1, 0.15) is 5.82 Å². The highest BCUT2D eigenvalue weighted by molar-refractivity contribution is 6.34. The van der Waals surface area contributed by atoms with Gasteiger partial charge in [-0.15, -0.1) is 0 Å². The molecular formula is C9H5Cl2F3O. The SMILES string of the molecule is O=C(Cc1cccc(F)c1Cl)C(F)(F)Cl. The molecule has 0 aliphatic rings. The molecule has 0 aliphatic carbocycles. The van der Waals surface area contributed by atoms with E-state index in [1.54, 1.807) is 0 Å². The molecule has 0 atom stereocenters. The quantitative estimate of drug-likeness (QED) is 0.758. The van der Waals surface area contributed by atoms with E-state index in [0.717, 1.165) is 6.07 Å². The maximum Gasteiger partial charge on any atom is 0.380 e. The summed E-state index contributed by atoms with van der Waals surface area (Å²) in [5.74, 6) is -2.28. The van der Waals surface area contributed by atoms with Crippen molar-refractivity contribution in [2.45, 2.75) is 11.8 Å². The molecule has 0 unspecified atom stereocenters. The molecule has 15 heavy (non-hydrogen) atoms. The number of carbonyl (C=O) groups is 1. The van der Waals surface area contributed by atoms with Gasteiger partial charge in [-0.2, -0.15) is 8.78 Å². The normalized spacial score (nSPS) is 11.5. The average Bonchev–Trinajstić information content (AvgIpc) is 2.11. The number of carbonyl (C=O) groups excluding carboxylic acids is 1. The second kappa shape index (κ2) is 4.41. The minimum atomic E-state index is -3.95. The zero-order valence-corrected chi connectivity index (χ0v) is 8.75. The highest BCUT2D eigenvalue weighted by atomic mass is 35.5. The third kappa shape index (κ3) is 3.11. The molecule has 0 fully saturated rings. The summed E-state index contributed by atoms with van der Waals surface area (Å²) >= 11 is 9.98. The van der Waals surface area contributed by atoms with Gasteiger partial charge in [0, 0.05) is 6.42 Å².